The maximum absolute atomic E-state index is 12.7. The zero-order chi connectivity index (χ0) is 24.5. The molecule has 0 radical (unpaired) electrons. The normalized spacial score (nSPS) is 29.5. The molecule has 0 spiro atoms. The number of benzene rings is 2. The van der Waals surface area contributed by atoms with Crippen LogP contribution in [0.5, 0.6) is 0 Å². The van der Waals surface area contributed by atoms with Crippen molar-refractivity contribution in [1.82, 2.24) is 4.90 Å². The van der Waals surface area contributed by atoms with Crippen LogP contribution in [0.25, 0.3) is 0 Å². The van der Waals surface area contributed by atoms with Crippen LogP contribution >= 0.6 is 0 Å². The molecule has 2 aromatic rings. The van der Waals surface area contributed by atoms with Crippen LogP contribution in [0, 0.1) is 23.7 Å². The lowest BCUT2D eigenvalue weighted by atomic mass is 9.62. The highest BCUT2D eigenvalue weighted by Crippen LogP contribution is 2.49. The first-order chi connectivity index (χ1) is 16.1. The van der Waals surface area contributed by atoms with Gasteiger partial charge in [-0.1, -0.05) is 62.4 Å². The van der Waals surface area contributed by atoms with Crippen LogP contribution in [0.3, 0.4) is 0 Å². The van der Waals surface area contributed by atoms with Crippen LogP contribution in [0.4, 0.5) is 0 Å². The van der Waals surface area contributed by atoms with E-state index >= 15 is 0 Å². The van der Waals surface area contributed by atoms with E-state index in [0.717, 1.165) is 19.4 Å². The monoisotopic (exact) mass is 461 g/mol. The lowest BCUT2D eigenvalue weighted by Crippen LogP contribution is -2.61. The Hall–Kier alpha value is -2.13. The number of piperidine rings is 1. The topological polar surface area (TPSA) is 29.5 Å². The van der Waals surface area contributed by atoms with E-state index in [1.54, 1.807) is 0 Å². The van der Waals surface area contributed by atoms with Crippen molar-refractivity contribution in [2.75, 3.05) is 0 Å². The summed E-state index contributed by atoms with van der Waals surface area (Å²) in [6.07, 6.45) is 4.74. The number of rotatable bonds is 5. The van der Waals surface area contributed by atoms with Crippen molar-refractivity contribution in [2.45, 2.75) is 91.0 Å². The Morgan fingerprint density at radius 3 is 1.85 bits per heavy atom. The van der Waals surface area contributed by atoms with E-state index in [-0.39, 0.29) is 23.2 Å². The van der Waals surface area contributed by atoms with Gasteiger partial charge >= 0.3 is 5.97 Å². The van der Waals surface area contributed by atoms with Crippen LogP contribution in [-0.4, -0.2) is 28.1 Å². The zero-order valence-corrected chi connectivity index (χ0v) is 22.0. The van der Waals surface area contributed by atoms with Gasteiger partial charge in [0, 0.05) is 17.6 Å². The molecule has 184 valence electrons. The molecular formula is C31H43NO2. The van der Waals surface area contributed by atoms with E-state index in [1.807, 2.05) is 30.3 Å². The molecule has 2 unspecified atom stereocenters. The second kappa shape index (κ2) is 9.85. The Labute approximate surface area is 206 Å². The minimum atomic E-state index is -0.181. The summed E-state index contributed by atoms with van der Waals surface area (Å²) in [5.41, 5.74) is 2.33. The minimum absolute atomic E-state index is 0.00291. The van der Waals surface area contributed by atoms with Crippen molar-refractivity contribution >= 4 is 5.97 Å². The maximum atomic E-state index is 12.7. The molecule has 1 saturated carbocycles. The van der Waals surface area contributed by atoms with Gasteiger partial charge in [0.1, 0.15) is 6.10 Å². The summed E-state index contributed by atoms with van der Waals surface area (Å²) in [4.78, 5) is 15.4. The van der Waals surface area contributed by atoms with E-state index in [0.29, 0.717) is 29.2 Å². The molecule has 0 N–H and O–H groups in total. The van der Waals surface area contributed by atoms with Gasteiger partial charge in [-0.15, -0.1) is 0 Å². The molecule has 2 aromatic carbocycles. The highest BCUT2D eigenvalue weighted by molar-refractivity contribution is 5.89. The Morgan fingerprint density at radius 1 is 0.824 bits per heavy atom. The van der Waals surface area contributed by atoms with Crippen molar-refractivity contribution in [3.63, 3.8) is 0 Å². The summed E-state index contributed by atoms with van der Waals surface area (Å²) in [5, 5.41) is 0. The van der Waals surface area contributed by atoms with E-state index in [4.69, 9.17) is 4.74 Å². The number of likely N-dealkylation sites (tertiary alicyclic amines) is 1. The summed E-state index contributed by atoms with van der Waals surface area (Å²) in [6, 6.07) is 20.3. The predicted molar refractivity (Wildman–Crippen MR) is 140 cm³/mol. The molecule has 1 aliphatic carbocycles. The second-order valence-electron chi connectivity index (χ2n) is 12.3. The first-order valence-electron chi connectivity index (χ1n) is 13.1. The fourth-order valence-corrected chi connectivity index (χ4v) is 7.19. The largest absolute Gasteiger partial charge is 0.458 e. The summed E-state index contributed by atoms with van der Waals surface area (Å²) in [7, 11) is 0. The van der Waals surface area contributed by atoms with Crippen molar-refractivity contribution in [2.24, 2.45) is 23.7 Å². The fraction of sp³-hybridized carbons (Fsp3) is 0.581. The third kappa shape index (κ3) is 5.40. The zero-order valence-electron chi connectivity index (χ0n) is 22.0. The molecule has 1 saturated heterocycles. The van der Waals surface area contributed by atoms with Crippen LogP contribution in [0.15, 0.2) is 60.7 Å². The van der Waals surface area contributed by atoms with Gasteiger partial charge in [0.05, 0.1) is 5.56 Å². The van der Waals surface area contributed by atoms with Crippen molar-refractivity contribution < 1.29 is 9.53 Å². The fourth-order valence-electron chi connectivity index (χ4n) is 7.19. The highest BCUT2D eigenvalue weighted by Gasteiger charge is 2.49. The van der Waals surface area contributed by atoms with Crippen LogP contribution in [-0.2, 0) is 11.3 Å². The quantitative estimate of drug-likeness (QED) is 0.436. The van der Waals surface area contributed by atoms with Crippen LogP contribution in [0.1, 0.15) is 83.1 Å². The molecule has 0 aromatic heterocycles. The minimum Gasteiger partial charge on any atom is -0.458 e. The lowest BCUT2D eigenvalue weighted by molar-refractivity contribution is -0.0889. The number of esters is 1. The molecule has 34 heavy (non-hydrogen) atoms. The van der Waals surface area contributed by atoms with E-state index in [9.17, 15) is 4.79 Å². The molecule has 4 rings (SSSR count). The van der Waals surface area contributed by atoms with Crippen molar-refractivity contribution in [1.29, 1.82) is 0 Å². The third-order valence-electron chi connectivity index (χ3n) is 8.56. The van der Waals surface area contributed by atoms with Gasteiger partial charge in [0.2, 0.25) is 0 Å². The van der Waals surface area contributed by atoms with Gasteiger partial charge in [-0.3, -0.25) is 4.90 Å². The summed E-state index contributed by atoms with van der Waals surface area (Å²) >= 11 is 0. The van der Waals surface area contributed by atoms with Gasteiger partial charge in [-0.05, 0) is 94.7 Å². The van der Waals surface area contributed by atoms with Crippen LogP contribution < -0.4 is 0 Å². The summed E-state index contributed by atoms with van der Waals surface area (Å²) in [5.74, 6) is 1.98. The Morgan fingerprint density at radius 2 is 1.32 bits per heavy atom. The molecule has 2 fully saturated rings. The Kier molecular flexibility index (Phi) is 7.24. The number of nitrogens with zero attached hydrogens (tertiary/aromatic N) is 1. The highest BCUT2D eigenvalue weighted by atomic mass is 16.5. The summed E-state index contributed by atoms with van der Waals surface area (Å²) < 4.78 is 6.06. The molecule has 2 aliphatic rings. The standard InChI is InChI=1S/C31H43NO2/c1-22-17-26(18-23(2)28(22)34-29(33)25-15-11-8-12-16-25)27-19-30(3,4)32(31(5,6)20-27)21-24-13-9-7-10-14-24/h7-16,22-23,26-28H,17-21H2,1-6H3. The van der Waals surface area contributed by atoms with Crippen LogP contribution in [0.2, 0.25) is 0 Å². The number of carbonyl (C=O) groups is 1. The second-order valence-corrected chi connectivity index (χ2v) is 12.3. The SMILES string of the molecule is CC1CC(C2CC(C)(C)N(Cc3ccccc3)C(C)(C)C2)CC(C)C1OC(=O)c1ccccc1. The van der Waals surface area contributed by atoms with Gasteiger partial charge in [0.15, 0.2) is 0 Å². The predicted octanol–water partition coefficient (Wildman–Crippen LogP) is 7.36. The Bertz CT molecular complexity index is 922. The summed E-state index contributed by atoms with van der Waals surface area (Å²) in [6.45, 7) is 15.3. The molecule has 1 heterocycles. The van der Waals surface area contributed by atoms with Gasteiger partial charge in [0.25, 0.3) is 0 Å². The number of carbonyl (C=O) groups excluding carboxylic acids is 1. The molecule has 0 bridgehead atoms. The van der Waals surface area contributed by atoms with Gasteiger partial charge in [-0.2, -0.15) is 0 Å². The average Bonchev–Trinajstić information content (AvgIpc) is 2.79. The van der Waals surface area contributed by atoms with Crippen molar-refractivity contribution in [3.8, 4) is 0 Å². The van der Waals surface area contributed by atoms with Gasteiger partial charge in [-0.25, -0.2) is 4.79 Å². The van der Waals surface area contributed by atoms with E-state index in [1.165, 1.54) is 18.4 Å². The molecule has 3 nitrogen and oxygen atoms in total. The smallest absolute Gasteiger partial charge is 0.338 e. The average molecular weight is 462 g/mol. The number of ether oxygens (including phenoxy) is 1. The number of hydrogen-bond donors (Lipinski definition) is 0. The molecule has 2 atom stereocenters. The van der Waals surface area contributed by atoms with E-state index in [2.05, 4.69) is 76.8 Å². The lowest BCUT2D eigenvalue weighted by Gasteiger charge is -2.57. The molecule has 1 aliphatic heterocycles. The first kappa shape index (κ1) is 25.0. The maximum Gasteiger partial charge on any atom is 0.338 e. The molecule has 0 amide bonds. The Balaban J connectivity index is 1.43. The van der Waals surface area contributed by atoms with E-state index < -0.39 is 0 Å². The third-order valence-corrected chi connectivity index (χ3v) is 8.56. The molecular weight excluding hydrogens is 418 g/mol. The molecule has 3 heteroatoms. The number of hydrogen-bond acceptors (Lipinski definition) is 3. The first-order valence-corrected chi connectivity index (χ1v) is 13.1. The van der Waals surface area contributed by atoms with Gasteiger partial charge < -0.3 is 4.74 Å². The van der Waals surface area contributed by atoms with Crippen molar-refractivity contribution in [3.05, 3.63) is 71.8 Å².